The first-order valence-electron chi connectivity index (χ1n) is 4.86. The van der Waals surface area contributed by atoms with Crippen LogP contribution in [0.25, 0.3) is 0 Å². The molecule has 92 valence electrons. The van der Waals surface area contributed by atoms with Gasteiger partial charge in [0.25, 0.3) is 0 Å². The second-order valence-electron chi connectivity index (χ2n) is 3.53. The summed E-state index contributed by atoms with van der Waals surface area (Å²) < 4.78 is 43.9. The molecule has 1 N–H and O–H groups in total. The zero-order valence-corrected chi connectivity index (χ0v) is 10.8. The van der Waals surface area contributed by atoms with Crippen LogP contribution < -0.4 is 5.32 Å². The number of nitrogens with one attached hydrogen (secondary N) is 1. The molecule has 0 aromatic heterocycles. The molecule has 5 nitrogen and oxygen atoms in total. The molecule has 0 atom stereocenters. The molecule has 0 bridgehead atoms. The molecule has 0 saturated heterocycles. The summed E-state index contributed by atoms with van der Waals surface area (Å²) in [5.41, 5.74) is 0. The first kappa shape index (κ1) is 14.9. The van der Waals surface area contributed by atoms with Crippen molar-refractivity contribution in [1.82, 2.24) is 5.32 Å². The Morgan fingerprint density at radius 1 is 0.933 bits per heavy atom. The molecule has 0 aromatic carbocycles. The van der Waals surface area contributed by atoms with Gasteiger partial charge in [-0.3, -0.25) is 0 Å². The summed E-state index contributed by atoms with van der Waals surface area (Å²) in [6.07, 6.45) is 1.77. The summed E-state index contributed by atoms with van der Waals surface area (Å²) in [4.78, 5) is 0. The molecule has 0 aromatic rings. The van der Waals surface area contributed by atoms with Gasteiger partial charge in [-0.25, -0.2) is 16.8 Å². The van der Waals surface area contributed by atoms with Crippen LogP contribution in [0.15, 0.2) is 0 Å². The number of sulfone groups is 2. The van der Waals surface area contributed by atoms with E-state index in [9.17, 15) is 16.8 Å². The Bertz CT molecular complexity index is 358. The van der Waals surface area contributed by atoms with Crippen LogP contribution in [0.4, 0.5) is 0 Å². The van der Waals surface area contributed by atoms with Crippen LogP contribution in [-0.4, -0.2) is 53.4 Å². The van der Waals surface area contributed by atoms with E-state index in [-0.39, 0.29) is 17.3 Å². The Labute approximate surface area is 92.1 Å². The molecule has 15 heavy (non-hydrogen) atoms. The summed E-state index contributed by atoms with van der Waals surface area (Å²) in [5, 5.41) is 2.80. The first-order valence-corrected chi connectivity index (χ1v) is 8.74. The standard InChI is InChI=1S/C8H19NO4S2/c1-3-6-15(12,13)8-5-9-4-7-14(2,10)11/h9H,3-8H2,1-2H3. The highest BCUT2D eigenvalue weighted by Crippen LogP contribution is 1.92. The molecular weight excluding hydrogens is 238 g/mol. The van der Waals surface area contributed by atoms with Crippen molar-refractivity contribution < 1.29 is 16.8 Å². The molecule has 0 spiro atoms. The van der Waals surface area contributed by atoms with E-state index in [0.29, 0.717) is 19.5 Å². The third kappa shape index (κ3) is 10.1. The van der Waals surface area contributed by atoms with Crippen molar-refractivity contribution in [2.75, 3.05) is 36.6 Å². The molecular formula is C8H19NO4S2. The van der Waals surface area contributed by atoms with E-state index in [0.717, 1.165) is 6.26 Å². The van der Waals surface area contributed by atoms with Crippen molar-refractivity contribution in [3.05, 3.63) is 0 Å². The lowest BCUT2D eigenvalue weighted by Gasteiger charge is -2.04. The first-order chi connectivity index (χ1) is 6.77. The maximum absolute atomic E-state index is 11.2. The van der Waals surface area contributed by atoms with Gasteiger partial charge in [0, 0.05) is 25.1 Å². The van der Waals surface area contributed by atoms with Crippen LogP contribution in [0.2, 0.25) is 0 Å². The van der Waals surface area contributed by atoms with Crippen molar-refractivity contribution >= 4 is 19.7 Å². The van der Waals surface area contributed by atoms with Gasteiger partial charge in [0.1, 0.15) is 9.84 Å². The van der Waals surface area contributed by atoms with Crippen LogP contribution in [0.3, 0.4) is 0 Å². The Morgan fingerprint density at radius 2 is 1.47 bits per heavy atom. The van der Waals surface area contributed by atoms with Crippen molar-refractivity contribution in [2.24, 2.45) is 0 Å². The average molecular weight is 257 g/mol. The molecule has 0 unspecified atom stereocenters. The van der Waals surface area contributed by atoms with Gasteiger partial charge in [0.2, 0.25) is 0 Å². The van der Waals surface area contributed by atoms with Gasteiger partial charge < -0.3 is 5.32 Å². The summed E-state index contributed by atoms with van der Waals surface area (Å²) in [5.74, 6) is 0.312. The highest BCUT2D eigenvalue weighted by Gasteiger charge is 2.08. The lowest BCUT2D eigenvalue weighted by molar-refractivity contribution is 0.589. The van der Waals surface area contributed by atoms with Crippen LogP contribution >= 0.6 is 0 Å². The molecule has 0 heterocycles. The van der Waals surface area contributed by atoms with E-state index in [1.54, 1.807) is 0 Å². The van der Waals surface area contributed by atoms with E-state index in [2.05, 4.69) is 5.32 Å². The van der Waals surface area contributed by atoms with Gasteiger partial charge in [-0.05, 0) is 6.42 Å². The average Bonchev–Trinajstić information content (AvgIpc) is 2.00. The molecule has 7 heteroatoms. The summed E-state index contributed by atoms with van der Waals surface area (Å²) in [6, 6.07) is 0. The fourth-order valence-electron chi connectivity index (χ4n) is 1.02. The van der Waals surface area contributed by atoms with E-state index >= 15 is 0 Å². The van der Waals surface area contributed by atoms with Gasteiger partial charge in [0.15, 0.2) is 9.84 Å². The van der Waals surface area contributed by atoms with Crippen LogP contribution in [0.5, 0.6) is 0 Å². The number of rotatable bonds is 8. The summed E-state index contributed by atoms with van der Waals surface area (Å²) in [6.45, 7) is 2.44. The Kier molecular flexibility index (Phi) is 6.38. The fraction of sp³-hybridized carbons (Fsp3) is 1.00. The number of hydrogen-bond donors (Lipinski definition) is 1. The zero-order chi connectivity index (χ0) is 11.9. The van der Waals surface area contributed by atoms with Crippen LogP contribution in [-0.2, 0) is 19.7 Å². The monoisotopic (exact) mass is 257 g/mol. The SMILES string of the molecule is CCCS(=O)(=O)CCNCCS(C)(=O)=O. The van der Waals surface area contributed by atoms with Gasteiger partial charge in [-0.2, -0.15) is 0 Å². The second kappa shape index (κ2) is 6.44. The lowest BCUT2D eigenvalue weighted by Crippen LogP contribution is -2.28. The second-order valence-corrected chi connectivity index (χ2v) is 8.10. The minimum absolute atomic E-state index is 0.0425. The Hall–Kier alpha value is -0.140. The highest BCUT2D eigenvalue weighted by atomic mass is 32.2. The molecule has 0 aliphatic carbocycles. The lowest BCUT2D eigenvalue weighted by atomic mass is 10.6. The smallest absolute Gasteiger partial charge is 0.151 e. The van der Waals surface area contributed by atoms with Crippen molar-refractivity contribution in [3.8, 4) is 0 Å². The molecule has 0 fully saturated rings. The van der Waals surface area contributed by atoms with Crippen LogP contribution in [0.1, 0.15) is 13.3 Å². The molecule has 0 aliphatic heterocycles. The quantitative estimate of drug-likeness (QED) is 0.590. The summed E-state index contributed by atoms with van der Waals surface area (Å²) in [7, 11) is -5.92. The van der Waals surface area contributed by atoms with E-state index in [1.165, 1.54) is 0 Å². The van der Waals surface area contributed by atoms with Gasteiger partial charge in [0.05, 0.1) is 11.5 Å². The highest BCUT2D eigenvalue weighted by molar-refractivity contribution is 7.91. The Morgan fingerprint density at radius 3 is 1.93 bits per heavy atom. The molecule has 0 aliphatic rings. The molecule has 0 radical (unpaired) electrons. The predicted octanol–water partition coefficient (Wildman–Crippen LogP) is -0.555. The minimum atomic E-state index is -2.96. The van der Waals surface area contributed by atoms with Gasteiger partial charge >= 0.3 is 0 Å². The van der Waals surface area contributed by atoms with Crippen molar-refractivity contribution in [3.63, 3.8) is 0 Å². The van der Waals surface area contributed by atoms with Gasteiger partial charge in [-0.1, -0.05) is 6.92 Å². The van der Waals surface area contributed by atoms with Crippen molar-refractivity contribution in [1.29, 1.82) is 0 Å². The fourth-order valence-corrected chi connectivity index (χ4v) is 2.82. The minimum Gasteiger partial charge on any atom is -0.315 e. The molecule has 0 rings (SSSR count). The van der Waals surface area contributed by atoms with E-state index in [4.69, 9.17) is 0 Å². The maximum Gasteiger partial charge on any atom is 0.151 e. The zero-order valence-electron chi connectivity index (χ0n) is 9.19. The summed E-state index contributed by atoms with van der Waals surface area (Å²) >= 11 is 0. The third-order valence-corrected chi connectivity index (χ3v) is 4.56. The molecule has 0 saturated carbocycles. The number of hydrogen-bond acceptors (Lipinski definition) is 5. The Balaban J connectivity index is 3.64. The topological polar surface area (TPSA) is 80.3 Å². The maximum atomic E-state index is 11.2. The van der Waals surface area contributed by atoms with Crippen LogP contribution in [0, 0.1) is 0 Å². The van der Waals surface area contributed by atoms with E-state index < -0.39 is 19.7 Å². The normalized spacial score (nSPS) is 12.9. The van der Waals surface area contributed by atoms with E-state index in [1.807, 2.05) is 6.92 Å². The van der Waals surface area contributed by atoms with Gasteiger partial charge in [-0.15, -0.1) is 0 Å². The largest absolute Gasteiger partial charge is 0.315 e. The predicted molar refractivity (Wildman–Crippen MR) is 61.5 cm³/mol. The van der Waals surface area contributed by atoms with Crippen molar-refractivity contribution in [2.45, 2.75) is 13.3 Å². The molecule has 0 amide bonds. The third-order valence-electron chi connectivity index (χ3n) is 1.75.